The Balaban J connectivity index is 1.81. The molecule has 0 radical (unpaired) electrons. The molecule has 3 heterocycles. The van der Waals surface area contributed by atoms with Crippen LogP contribution in [0.2, 0.25) is 0 Å². The highest BCUT2D eigenvalue weighted by Gasteiger charge is 2.15. The Hall–Kier alpha value is -1.39. The number of ether oxygens (including phenoxy) is 1. The van der Waals surface area contributed by atoms with Crippen LogP contribution in [0.25, 0.3) is 5.52 Å². The molecule has 0 amide bonds. The number of hydrogen-bond donors (Lipinski definition) is 1. The molecule has 0 saturated carbocycles. The molecule has 0 aliphatic carbocycles. The zero-order valence-electron chi connectivity index (χ0n) is 9.80. The molecule has 0 unspecified atom stereocenters. The second-order valence-electron chi connectivity index (χ2n) is 4.52. The van der Waals surface area contributed by atoms with Gasteiger partial charge in [-0.15, -0.1) is 0 Å². The van der Waals surface area contributed by atoms with Crippen LogP contribution in [0, 0.1) is 5.92 Å². The van der Waals surface area contributed by atoms with Crippen molar-refractivity contribution < 1.29 is 4.74 Å². The van der Waals surface area contributed by atoms with Crippen molar-refractivity contribution in [2.75, 3.05) is 26.3 Å². The molecular weight excluding hydrogens is 214 g/mol. The lowest BCUT2D eigenvalue weighted by atomic mass is 10.0. The van der Waals surface area contributed by atoms with Gasteiger partial charge in [0.15, 0.2) is 0 Å². The number of nitrogens with zero attached hydrogens (tertiary/aromatic N) is 2. The maximum atomic E-state index is 5.58. The van der Waals surface area contributed by atoms with Gasteiger partial charge in [-0.3, -0.25) is 4.98 Å². The van der Waals surface area contributed by atoms with Gasteiger partial charge in [-0.1, -0.05) is 0 Å². The molecule has 4 heteroatoms. The van der Waals surface area contributed by atoms with Gasteiger partial charge in [0.1, 0.15) is 0 Å². The third-order valence-electron chi connectivity index (χ3n) is 3.22. The normalized spacial score (nSPS) is 21.5. The van der Waals surface area contributed by atoms with E-state index in [9.17, 15) is 0 Å². The zero-order chi connectivity index (χ0) is 11.5. The molecule has 0 spiro atoms. The van der Waals surface area contributed by atoms with Crippen LogP contribution in [-0.4, -0.2) is 35.7 Å². The SMILES string of the molecule is c1cc2c(C[C@H]3CNCCOC3)nccn2c1. The van der Waals surface area contributed by atoms with Gasteiger partial charge in [-0.2, -0.15) is 0 Å². The minimum absolute atomic E-state index is 0.520. The highest BCUT2D eigenvalue weighted by Crippen LogP contribution is 2.14. The van der Waals surface area contributed by atoms with E-state index in [0.717, 1.165) is 38.4 Å². The van der Waals surface area contributed by atoms with E-state index in [0.29, 0.717) is 5.92 Å². The van der Waals surface area contributed by atoms with Crippen molar-refractivity contribution in [2.24, 2.45) is 5.92 Å². The Morgan fingerprint density at radius 1 is 1.47 bits per heavy atom. The number of fused-ring (bicyclic) bond motifs is 1. The third kappa shape index (κ3) is 2.33. The molecule has 0 bridgehead atoms. The summed E-state index contributed by atoms with van der Waals surface area (Å²) in [7, 11) is 0. The van der Waals surface area contributed by atoms with Gasteiger partial charge in [-0.05, 0) is 18.6 Å². The fourth-order valence-electron chi connectivity index (χ4n) is 2.35. The van der Waals surface area contributed by atoms with E-state index in [1.807, 2.05) is 12.4 Å². The van der Waals surface area contributed by atoms with Gasteiger partial charge in [0.25, 0.3) is 0 Å². The molecule has 1 fully saturated rings. The van der Waals surface area contributed by atoms with Gasteiger partial charge in [0, 0.05) is 37.6 Å². The second-order valence-corrected chi connectivity index (χ2v) is 4.52. The Morgan fingerprint density at radius 2 is 2.47 bits per heavy atom. The predicted octanol–water partition coefficient (Wildman–Crippen LogP) is 1.11. The fourth-order valence-corrected chi connectivity index (χ4v) is 2.35. The first-order valence-electron chi connectivity index (χ1n) is 6.12. The van der Waals surface area contributed by atoms with Crippen LogP contribution in [0.3, 0.4) is 0 Å². The maximum absolute atomic E-state index is 5.58. The zero-order valence-corrected chi connectivity index (χ0v) is 9.80. The van der Waals surface area contributed by atoms with Gasteiger partial charge < -0.3 is 14.5 Å². The van der Waals surface area contributed by atoms with Crippen molar-refractivity contribution >= 4 is 5.52 Å². The standard InChI is InChI=1S/C13H17N3O/c1-2-13-12(15-3-6-16(13)5-1)8-11-9-14-4-7-17-10-11/h1-3,5-6,11,14H,4,7-10H2/t11-/m0/s1. The van der Waals surface area contributed by atoms with E-state index in [-0.39, 0.29) is 0 Å². The van der Waals surface area contributed by atoms with Crippen LogP contribution in [0.15, 0.2) is 30.7 Å². The van der Waals surface area contributed by atoms with E-state index in [2.05, 4.69) is 33.0 Å². The monoisotopic (exact) mass is 231 g/mol. The van der Waals surface area contributed by atoms with E-state index in [4.69, 9.17) is 4.74 Å². The van der Waals surface area contributed by atoms with Crippen LogP contribution in [0.4, 0.5) is 0 Å². The minimum Gasteiger partial charge on any atom is -0.380 e. The van der Waals surface area contributed by atoms with Crippen LogP contribution >= 0.6 is 0 Å². The van der Waals surface area contributed by atoms with E-state index < -0.39 is 0 Å². The van der Waals surface area contributed by atoms with Crippen LogP contribution in [-0.2, 0) is 11.2 Å². The largest absolute Gasteiger partial charge is 0.380 e. The molecule has 1 aliphatic heterocycles. The predicted molar refractivity (Wildman–Crippen MR) is 66.1 cm³/mol. The molecule has 0 aromatic carbocycles. The van der Waals surface area contributed by atoms with Gasteiger partial charge >= 0.3 is 0 Å². The van der Waals surface area contributed by atoms with E-state index in [1.165, 1.54) is 5.52 Å². The van der Waals surface area contributed by atoms with Crippen molar-refractivity contribution in [3.05, 3.63) is 36.4 Å². The first-order valence-corrected chi connectivity index (χ1v) is 6.12. The third-order valence-corrected chi connectivity index (χ3v) is 3.22. The molecule has 2 aromatic heterocycles. The summed E-state index contributed by atoms with van der Waals surface area (Å²) in [4.78, 5) is 4.50. The summed E-state index contributed by atoms with van der Waals surface area (Å²) in [5, 5.41) is 3.40. The minimum atomic E-state index is 0.520. The highest BCUT2D eigenvalue weighted by atomic mass is 16.5. The summed E-state index contributed by atoms with van der Waals surface area (Å²) in [5.41, 5.74) is 2.37. The van der Waals surface area contributed by atoms with Gasteiger partial charge in [0.2, 0.25) is 0 Å². The van der Waals surface area contributed by atoms with Gasteiger partial charge in [0.05, 0.1) is 24.4 Å². The van der Waals surface area contributed by atoms with Crippen molar-refractivity contribution in [3.63, 3.8) is 0 Å². The lowest BCUT2D eigenvalue weighted by Gasteiger charge is -2.13. The number of hydrogen-bond acceptors (Lipinski definition) is 3. The summed E-state index contributed by atoms with van der Waals surface area (Å²) in [5.74, 6) is 0.520. The Kier molecular flexibility index (Phi) is 3.07. The quantitative estimate of drug-likeness (QED) is 0.841. The molecule has 1 saturated heterocycles. The van der Waals surface area contributed by atoms with Crippen LogP contribution in [0.1, 0.15) is 5.69 Å². The molecule has 2 aromatic rings. The molecule has 4 nitrogen and oxygen atoms in total. The van der Waals surface area contributed by atoms with E-state index >= 15 is 0 Å². The van der Waals surface area contributed by atoms with E-state index in [1.54, 1.807) is 0 Å². The number of rotatable bonds is 2. The topological polar surface area (TPSA) is 38.6 Å². The fraction of sp³-hybridized carbons (Fsp3) is 0.462. The Morgan fingerprint density at radius 3 is 3.47 bits per heavy atom. The number of aromatic nitrogens is 2. The summed E-state index contributed by atoms with van der Waals surface area (Å²) < 4.78 is 7.69. The highest BCUT2D eigenvalue weighted by molar-refractivity contribution is 5.52. The number of nitrogens with one attached hydrogen (secondary N) is 1. The lowest BCUT2D eigenvalue weighted by Crippen LogP contribution is -2.24. The summed E-state index contributed by atoms with van der Waals surface area (Å²) in [6.07, 6.45) is 6.89. The second kappa shape index (κ2) is 4.85. The van der Waals surface area contributed by atoms with Crippen molar-refractivity contribution in [2.45, 2.75) is 6.42 Å². The van der Waals surface area contributed by atoms with Crippen molar-refractivity contribution in [1.82, 2.24) is 14.7 Å². The summed E-state index contributed by atoms with van der Waals surface area (Å²) in [6.45, 7) is 3.62. The summed E-state index contributed by atoms with van der Waals surface area (Å²) in [6, 6.07) is 4.18. The molecule has 90 valence electrons. The Bertz CT molecular complexity index is 486. The average molecular weight is 231 g/mol. The molecule has 1 N–H and O–H groups in total. The van der Waals surface area contributed by atoms with Gasteiger partial charge in [-0.25, -0.2) is 0 Å². The van der Waals surface area contributed by atoms with Crippen LogP contribution in [0.5, 0.6) is 0 Å². The lowest BCUT2D eigenvalue weighted by molar-refractivity contribution is 0.123. The molecule has 1 aliphatic rings. The molecule has 3 rings (SSSR count). The first kappa shape index (κ1) is 10.7. The maximum Gasteiger partial charge on any atom is 0.0666 e. The molecule has 1 atom stereocenters. The molecular formula is C13H17N3O. The average Bonchev–Trinajstić information content (AvgIpc) is 2.69. The molecule has 17 heavy (non-hydrogen) atoms. The van der Waals surface area contributed by atoms with Crippen molar-refractivity contribution in [3.8, 4) is 0 Å². The van der Waals surface area contributed by atoms with Crippen molar-refractivity contribution in [1.29, 1.82) is 0 Å². The summed E-state index contributed by atoms with van der Waals surface area (Å²) >= 11 is 0. The first-order chi connectivity index (χ1) is 8.43. The smallest absolute Gasteiger partial charge is 0.0666 e. The Labute approximate surface area is 101 Å². The van der Waals surface area contributed by atoms with Crippen LogP contribution < -0.4 is 5.32 Å².